The number of carbonyl (C=O) groups is 1. The summed E-state index contributed by atoms with van der Waals surface area (Å²) in [4.78, 5) is 12.3. The molecule has 0 aliphatic heterocycles. The van der Waals surface area contributed by atoms with Crippen molar-refractivity contribution in [3.63, 3.8) is 0 Å². The minimum Gasteiger partial charge on any atom is -0.493 e. The maximum absolute atomic E-state index is 12.3. The fourth-order valence-electron chi connectivity index (χ4n) is 2.12. The number of benzene rings is 1. The normalized spacial score (nSPS) is 10.6. The van der Waals surface area contributed by atoms with Gasteiger partial charge in [-0.25, -0.2) is 0 Å². The lowest BCUT2D eigenvalue weighted by atomic mass is 10.2. The van der Waals surface area contributed by atoms with Gasteiger partial charge in [0.1, 0.15) is 5.69 Å². The number of rotatable bonds is 5. The van der Waals surface area contributed by atoms with Crippen LogP contribution in [-0.2, 0) is 7.05 Å². The Labute approximate surface area is 130 Å². The van der Waals surface area contributed by atoms with Crippen LogP contribution in [0.1, 0.15) is 30.0 Å². The quantitative estimate of drug-likeness (QED) is 0.922. The van der Waals surface area contributed by atoms with Crippen LogP contribution < -0.4 is 14.8 Å². The van der Waals surface area contributed by atoms with Gasteiger partial charge in [-0.3, -0.25) is 9.48 Å². The molecule has 0 aliphatic carbocycles. The largest absolute Gasteiger partial charge is 0.493 e. The molecule has 2 aromatic rings. The third-order valence-electron chi connectivity index (χ3n) is 3.02. The predicted molar refractivity (Wildman–Crippen MR) is 84.7 cm³/mol. The Balaban J connectivity index is 2.22. The number of amides is 1. The van der Waals surface area contributed by atoms with Gasteiger partial charge in [0.2, 0.25) is 0 Å². The zero-order valence-corrected chi connectivity index (χ0v) is 13.5. The summed E-state index contributed by atoms with van der Waals surface area (Å²) in [5, 5.41) is 7.01. The minimum absolute atomic E-state index is 0.0135. The van der Waals surface area contributed by atoms with E-state index in [0.717, 1.165) is 5.69 Å². The molecule has 6 heteroatoms. The van der Waals surface area contributed by atoms with Gasteiger partial charge in [0.25, 0.3) is 5.91 Å². The van der Waals surface area contributed by atoms with Crippen LogP contribution >= 0.6 is 0 Å². The zero-order chi connectivity index (χ0) is 16.3. The standard InChI is InChI=1S/C16H21N3O3/c1-10(2)22-15-9-12(6-7-14(15)21-5)17-16(20)13-8-11(3)18-19(13)4/h6-10H,1-5H3,(H,17,20). The van der Waals surface area contributed by atoms with Gasteiger partial charge in [-0.2, -0.15) is 5.10 Å². The highest BCUT2D eigenvalue weighted by Gasteiger charge is 2.14. The van der Waals surface area contributed by atoms with Crippen LogP contribution in [0.2, 0.25) is 0 Å². The van der Waals surface area contributed by atoms with E-state index in [4.69, 9.17) is 9.47 Å². The number of anilines is 1. The zero-order valence-electron chi connectivity index (χ0n) is 13.5. The fourth-order valence-corrected chi connectivity index (χ4v) is 2.12. The highest BCUT2D eigenvalue weighted by molar-refractivity contribution is 6.03. The SMILES string of the molecule is COc1ccc(NC(=O)c2cc(C)nn2C)cc1OC(C)C. The number of methoxy groups -OCH3 is 1. The Kier molecular flexibility index (Phi) is 4.70. The number of nitrogens with zero attached hydrogens (tertiary/aromatic N) is 2. The third-order valence-corrected chi connectivity index (χ3v) is 3.02. The first kappa shape index (κ1) is 15.9. The highest BCUT2D eigenvalue weighted by atomic mass is 16.5. The van der Waals surface area contributed by atoms with Crippen molar-refractivity contribution in [2.24, 2.45) is 7.05 Å². The Bertz CT molecular complexity index is 677. The van der Waals surface area contributed by atoms with E-state index >= 15 is 0 Å². The first-order valence-corrected chi connectivity index (χ1v) is 7.07. The van der Waals surface area contributed by atoms with Gasteiger partial charge < -0.3 is 14.8 Å². The molecule has 118 valence electrons. The Morgan fingerprint density at radius 1 is 1.27 bits per heavy atom. The molecule has 1 aromatic heterocycles. The van der Waals surface area contributed by atoms with Gasteiger partial charge in [-0.05, 0) is 39.0 Å². The summed E-state index contributed by atoms with van der Waals surface area (Å²) in [5.41, 5.74) is 1.94. The summed E-state index contributed by atoms with van der Waals surface area (Å²) in [6, 6.07) is 7.03. The van der Waals surface area contributed by atoms with Crippen molar-refractivity contribution < 1.29 is 14.3 Å². The van der Waals surface area contributed by atoms with Crippen molar-refractivity contribution in [3.05, 3.63) is 35.7 Å². The smallest absolute Gasteiger partial charge is 0.273 e. The second kappa shape index (κ2) is 6.51. The van der Waals surface area contributed by atoms with Gasteiger partial charge in [0.15, 0.2) is 11.5 Å². The number of carbonyl (C=O) groups excluding carboxylic acids is 1. The van der Waals surface area contributed by atoms with Crippen molar-refractivity contribution in [1.29, 1.82) is 0 Å². The molecule has 0 radical (unpaired) electrons. The second-order valence-electron chi connectivity index (χ2n) is 5.28. The summed E-state index contributed by atoms with van der Waals surface area (Å²) >= 11 is 0. The van der Waals surface area contributed by atoms with Crippen LogP contribution in [0.4, 0.5) is 5.69 Å². The van der Waals surface area contributed by atoms with Crippen LogP contribution in [0.5, 0.6) is 11.5 Å². The molecule has 0 aliphatic rings. The summed E-state index contributed by atoms with van der Waals surface area (Å²) in [7, 11) is 3.32. The average molecular weight is 303 g/mol. The topological polar surface area (TPSA) is 65.4 Å². The average Bonchev–Trinajstić information content (AvgIpc) is 2.77. The third kappa shape index (κ3) is 3.58. The molecule has 0 spiro atoms. The molecule has 0 fully saturated rings. The molecule has 22 heavy (non-hydrogen) atoms. The maximum atomic E-state index is 12.3. The minimum atomic E-state index is -0.219. The molecular weight excluding hydrogens is 282 g/mol. The highest BCUT2D eigenvalue weighted by Crippen LogP contribution is 2.31. The van der Waals surface area contributed by atoms with E-state index in [-0.39, 0.29) is 12.0 Å². The van der Waals surface area contributed by atoms with Crippen LogP contribution in [0.15, 0.2) is 24.3 Å². The van der Waals surface area contributed by atoms with Crippen molar-refractivity contribution in [3.8, 4) is 11.5 Å². The molecule has 0 unspecified atom stereocenters. The van der Waals surface area contributed by atoms with Crippen molar-refractivity contribution in [2.45, 2.75) is 26.9 Å². The fraction of sp³-hybridized carbons (Fsp3) is 0.375. The number of hydrogen-bond donors (Lipinski definition) is 1. The van der Waals surface area contributed by atoms with E-state index < -0.39 is 0 Å². The van der Waals surface area contributed by atoms with Crippen LogP contribution in [-0.4, -0.2) is 28.9 Å². The van der Waals surface area contributed by atoms with Gasteiger partial charge in [-0.1, -0.05) is 0 Å². The lowest BCUT2D eigenvalue weighted by molar-refractivity contribution is 0.101. The van der Waals surface area contributed by atoms with E-state index in [0.29, 0.717) is 22.9 Å². The van der Waals surface area contributed by atoms with Gasteiger partial charge in [0, 0.05) is 18.8 Å². The summed E-state index contributed by atoms with van der Waals surface area (Å²) in [6.07, 6.45) is 0.0135. The lowest BCUT2D eigenvalue weighted by Gasteiger charge is -2.15. The number of hydrogen-bond acceptors (Lipinski definition) is 4. The van der Waals surface area contributed by atoms with E-state index in [1.54, 1.807) is 43.1 Å². The van der Waals surface area contributed by atoms with Gasteiger partial charge in [0.05, 0.1) is 18.9 Å². The first-order chi connectivity index (χ1) is 10.4. The number of ether oxygens (including phenoxy) is 2. The van der Waals surface area contributed by atoms with Crippen LogP contribution in [0, 0.1) is 6.92 Å². The number of aryl methyl sites for hydroxylation is 2. The van der Waals surface area contributed by atoms with Gasteiger partial charge >= 0.3 is 0 Å². The van der Waals surface area contributed by atoms with Crippen molar-refractivity contribution in [1.82, 2.24) is 9.78 Å². The monoisotopic (exact) mass is 303 g/mol. The van der Waals surface area contributed by atoms with Crippen LogP contribution in [0.3, 0.4) is 0 Å². The molecule has 1 aromatic carbocycles. The second-order valence-corrected chi connectivity index (χ2v) is 5.28. The molecule has 6 nitrogen and oxygen atoms in total. The molecule has 0 saturated heterocycles. The summed E-state index contributed by atoms with van der Waals surface area (Å²) < 4.78 is 12.5. The predicted octanol–water partition coefficient (Wildman–Crippen LogP) is 2.78. The van der Waals surface area contributed by atoms with Gasteiger partial charge in [-0.15, -0.1) is 0 Å². The Morgan fingerprint density at radius 2 is 2.00 bits per heavy atom. The van der Waals surface area contributed by atoms with E-state index in [2.05, 4.69) is 10.4 Å². The van der Waals surface area contributed by atoms with E-state index in [1.807, 2.05) is 20.8 Å². The number of nitrogens with one attached hydrogen (secondary N) is 1. The molecule has 0 atom stereocenters. The Hall–Kier alpha value is -2.50. The van der Waals surface area contributed by atoms with Crippen molar-refractivity contribution >= 4 is 11.6 Å². The molecule has 1 N–H and O–H groups in total. The van der Waals surface area contributed by atoms with Crippen LogP contribution in [0.25, 0.3) is 0 Å². The lowest BCUT2D eigenvalue weighted by Crippen LogP contribution is -2.16. The molecule has 0 saturated carbocycles. The molecule has 0 bridgehead atoms. The first-order valence-electron chi connectivity index (χ1n) is 7.07. The molecule has 1 heterocycles. The maximum Gasteiger partial charge on any atom is 0.273 e. The molecular formula is C16H21N3O3. The summed E-state index contributed by atoms with van der Waals surface area (Å²) in [6.45, 7) is 5.71. The summed E-state index contributed by atoms with van der Waals surface area (Å²) in [5.74, 6) is 1.00. The van der Waals surface area contributed by atoms with Crippen molar-refractivity contribution in [2.75, 3.05) is 12.4 Å². The molecule has 2 rings (SSSR count). The number of aromatic nitrogens is 2. The van der Waals surface area contributed by atoms with E-state index in [1.165, 1.54) is 0 Å². The molecule has 1 amide bonds. The Morgan fingerprint density at radius 3 is 2.55 bits per heavy atom. The van der Waals surface area contributed by atoms with E-state index in [9.17, 15) is 4.79 Å².